The van der Waals surface area contributed by atoms with E-state index in [0.29, 0.717) is 0 Å². The number of oxazole rings is 1. The maximum Gasteiger partial charge on any atom is 0.181 e. The summed E-state index contributed by atoms with van der Waals surface area (Å²) in [5.74, 6) is 0.762. The molecule has 0 saturated heterocycles. The Kier molecular flexibility index (Phi) is 9.12. The van der Waals surface area contributed by atoms with E-state index in [9.17, 15) is 0 Å². The number of anilines is 6. The van der Waals surface area contributed by atoms with Crippen molar-refractivity contribution >= 4 is 45.5 Å². The zero-order chi connectivity index (χ0) is 36.1. The van der Waals surface area contributed by atoms with Crippen LogP contribution in [0.5, 0.6) is 0 Å². The first-order chi connectivity index (χ1) is 26.8. The molecule has 258 valence electrons. The largest absolute Gasteiger partial charge is 0.443 e. The van der Waals surface area contributed by atoms with Crippen LogP contribution in [0.4, 0.5) is 34.1 Å². The number of para-hydroxylation sites is 4. The smallest absolute Gasteiger partial charge is 0.181 e. The predicted octanol–water partition coefficient (Wildman–Crippen LogP) is 14.3. The average Bonchev–Trinajstić information content (AvgIpc) is 3.95. The second kappa shape index (κ2) is 15.0. The van der Waals surface area contributed by atoms with Gasteiger partial charge in [-0.15, -0.1) is 11.3 Å². The number of nitrogens with zero attached hydrogens (tertiary/aromatic N) is 3. The van der Waals surface area contributed by atoms with Gasteiger partial charge in [0, 0.05) is 44.6 Å². The molecule has 0 radical (unpaired) electrons. The van der Waals surface area contributed by atoms with Crippen molar-refractivity contribution in [3.8, 4) is 43.3 Å². The van der Waals surface area contributed by atoms with Crippen LogP contribution in [0.15, 0.2) is 217 Å². The topological polar surface area (TPSA) is 32.5 Å². The molecule has 0 unspecified atom stereocenters. The van der Waals surface area contributed by atoms with Crippen molar-refractivity contribution < 1.29 is 4.42 Å². The van der Waals surface area contributed by atoms with Crippen molar-refractivity contribution in [3.63, 3.8) is 0 Å². The van der Waals surface area contributed by atoms with Crippen LogP contribution in [0.3, 0.4) is 0 Å². The van der Waals surface area contributed by atoms with Gasteiger partial charge in [0.25, 0.3) is 0 Å². The first-order valence-electron chi connectivity index (χ1n) is 17.9. The van der Waals surface area contributed by atoms with E-state index in [1.54, 1.807) is 17.5 Å². The number of hydrogen-bond acceptors (Lipinski definition) is 5. The van der Waals surface area contributed by atoms with Crippen molar-refractivity contribution in [2.45, 2.75) is 0 Å². The van der Waals surface area contributed by atoms with E-state index < -0.39 is 0 Å². The highest BCUT2D eigenvalue weighted by Gasteiger charge is 2.18. The van der Waals surface area contributed by atoms with Gasteiger partial charge in [-0.25, -0.2) is 4.98 Å². The molecule has 9 aromatic rings. The highest BCUT2D eigenvalue weighted by atomic mass is 32.1. The molecule has 4 nitrogen and oxygen atoms in total. The Balaban J connectivity index is 1.01. The monoisotopic (exact) mass is 713 g/mol. The van der Waals surface area contributed by atoms with Gasteiger partial charge in [0.1, 0.15) is 0 Å². The van der Waals surface area contributed by atoms with Crippen LogP contribution >= 0.6 is 11.3 Å². The Morgan fingerprint density at radius 1 is 0.389 bits per heavy atom. The number of thiophene rings is 1. The normalized spacial score (nSPS) is 11.0. The fraction of sp³-hybridized carbons (Fsp3) is 0. The Bertz CT molecular complexity index is 2470. The molecule has 7 aromatic carbocycles. The lowest BCUT2D eigenvalue weighted by Crippen LogP contribution is -2.09. The molecule has 2 aromatic heterocycles. The van der Waals surface area contributed by atoms with Gasteiger partial charge in [0.05, 0.1) is 11.1 Å². The summed E-state index contributed by atoms with van der Waals surface area (Å²) >= 11 is 1.72. The molecule has 0 fully saturated rings. The van der Waals surface area contributed by atoms with Gasteiger partial charge in [-0.05, 0) is 101 Å². The molecule has 0 aliphatic heterocycles. The number of aromatic nitrogens is 1. The van der Waals surface area contributed by atoms with Crippen LogP contribution in [0, 0.1) is 0 Å². The molecule has 0 amide bonds. The van der Waals surface area contributed by atoms with Gasteiger partial charge in [-0.2, -0.15) is 0 Å². The molecule has 0 atom stereocenters. The number of rotatable bonds is 10. The minimum Gasteiger partial charge on any atom is -0.443 e. The molecule has 0 aliphatic rings. The summed E-state index contributed by atoms with van der Waals surface area (Å²) in [5, 5.41) is 0. The minimum atomic E-state index is 0.762. The molecule has 9 rings (SSSR count). The van der Waals surface area contributed by atoms with Crippen LogP contribution in [0.2, 0.25) is 0 Å². The highest BCUT2D eigenvalue weighted by molar-refractivity contribution is 7.19. The zero-order valence-corrected chi connectivity index (χ0v) is 30.2. The molecule has 0 N–H and O–H groups in total. The van der Waals surface area contributed by atoms with E-state index in [0.717, 1.165) is 77.5 Å². The number of benzene rings is 7. The third-order valence-electron chi connectivity index (χ3n) is 9.51. The van der Waals surface area contributed by atoms with Crippen molar-refractivity contribution in [3.05, 3.63) is 213 Å². The molecule has 2 heterocycles. The molecule has 5 heteroatoms. The lowest BCUT2D eigenvalue weighted by atomic mass is 9.99. The first-order valence-corrected chi connectivity index (χ1v) is 18.7. The van der Waals surface area contributed by atoms with Crippen LogP contribution in [0.1, 0.15) is 0 Å². The van der Waals surface area contributed by atoms with Gasteiger partial charge in [-0.1, -0.05) is 121 Å². The maximum absolute atomic E-state index is 5.86. The molecule has 54 heavy (non-hydrogen) atoms. The molecule has 0 aliphatic carbocycles. The van der Waals surface area contributed by atoms with Gasteiger partial charge in [0.15, 0.2) is 12.2 Å². The minimum absolute atomic E-state index is 0.762. The van der Waals surface area contributed by atoms with Crippen LogP contribution < -0.4 is 9.80 Å². The zero-order valence-electron chi connectivity index (χ0n) is 29.4. The van der Waals surface area contributed by atoms with Crippen molar-refractivity contribution in [1.82, 2.24) is 4.98 Å². The molecule has 0 saturated carbocycles. The van der Waals surface area contributed by atoms with Gasteiger partial charge in [0.2, 0.25) is 0 Å². The standard InChI is InChI=1S/C49H35N3OS/c1-5-13-40(14-6-1)51(41-15-7-2-8-16-41)44-29-25-37(26-30-44)36-21-23-38(24-22-36)46-33-48(54-49(46)47-34-50-35-53-47)39-27-31-45(32-28-39)52(42-17-9-3-10-18-42)43-19-11-4-12-20-43/h1-35H. The predicted molar refractivity (Wildman–Crippen MR) is 225 cm³/mol. The van der Waals surface area contributed by atoms with Crippen LogP contribution in [-0.4, -0.2) is 4.98 Å². The van der Waals surface area contributed by atoms with Crippen molar-refractivity contribution in [1.29, 1.82) is 0 Å². The molecular formula is C49H35N3OS. The lowest BCUT2D eigenvalue weighted by Gasteiger charge is -2.25. The third-order valence-corrected chi connectivity index (χ3v) is 10.7. The summed E-state index contributed by atoms with van der Waals surface area (Å²) < 4.78 is 5.86. The fourth-order valence-corrected chi connectivity index (χ4v) is 8.02. The Hall–Kier alpha value is -6.95. The Labute approximate surface area is 319 Å². The quantitative estimate of drug-likeness (QED) is 0.141. The van der Waals surface area contributed by atoms with E-state index in [-0.39, 0.29) is 0 Å². The lowest BCUT2D eigenvalue weighted by molar-refractivity contribution is 0.573. The van der Waals surface area contributed by atoms with Gasteiger partial charge >= 0.3 is 0 Å². The third kappa shape index (κ3) is 6.72. The summed E-state index contributed by atoms with van der Waals surface area (Å²) in [4.78, 5) is 11.0. The van der Waals surface area contributed by atoms with Crippen molar-refractivity contribution in [2.24, 2.45) is 0 Å². The van der Waals surface area contributed by atoms with Crippen LogP contribution in [0.25, 0.3) is 43.3 Å². The van der Waals surface area contributed by atoms with Crippen LogP contribution in [-0.2, 0) is 0 Å². The summed E-state index contributed by atoms with van der Waals surface area (Å²) in [6, 6.07) is 70.6. The molecule has 0 bridgehead atoms. The van der Waals surface area contributed by atoms with E-state index in [1.165, 1.54) is 6.39 Å². The fourth-order valence-electron chi connectivity index (χ4n) is 6.88. The van der Waals surface area contributed by atoms with E-state index >= 15 is 0 Å². The summed E-state index contributed by atoms with van der Waals surface area (Å²) in [7, 11) is 0. The summed E-state index contributed by atoms with van der Waals surface area (Å²) in [5.41, 5.74) is 12.4. The molecular weight excluding hydrogens is 679 g/mol. The Morgan fingerprint density at radius 2 is 0.759 bits per heavy atom. The van der Waals surface area contributed by atoms with E-state index in [4.69, 9.17) is 4.42 Å². The van der Waals surface area contributed by atoms with E-state index in [2.05, 4.69) is 203 Å². The second-order valence-corrected chi connectivity index (χ2v) is 14.0. The maximum atomic E-state index is 5.86. The van der Waals surface area contributed by atoms with Crippen molar-refractivity contribution in [2.75, 3.05) is 9.80 Å². The first kappa shape index (κ1) is 32.9. The molecule has 0 spiro atoms. The van der Waals surface area contributed by atoms with Gasteiger partial charge in [-0.3, -0.25) is 0 Å². The number of hydrogen-bond donors (Lipinski definition) is 0. The second-order valence-electron chi connectivity index (χ2n) is 12.9. The summed E-state index contributed by atoms with van der Waals surface area (Å²) in [6.07, 6.45) is 3.29. The highest BCUT2D eigenvalue weighted by Crippen LogP contribution is 2.45. The van der Waals surface area contributed by atoms with Gasteiger partial charge < -0.3 is 14.2 Å². The average molecular weight is 714 g/mol. The van der Waals surface area contributed by atoms with E-state index in [1.807, 2.05) is 12.1 Å². The SMILES string of the molecule is c1ccc(N(c2ccccc2)c2ccc(-c3ccc(-c4cc(-c5ccc(N(c6ccccc6)c6ccccc6)cc5)sc4-c4cnco4)cc3)cc2)cc1. The Morgan fingerprint density at radius 3 is 1.17 bits per heavy atom. The summed E-state index contributed by atoms with van der Waals surface area (Å²) in [6.45, 7) is 0.